The molecule has 13 rings (SSSR count). The predicted molar refractivity (Wildman–Crippen MR) is 416 cm³/mol. The fourth-order valence-corrected chi connectivity index (χ4v) is 16.4. The van der Waals surface area contributed by atoms with Crippen molar-refractivity contribution in [1.82, 2.24) is 56.3 Å². The van der Waals surface area contributed by atoms with Crippen LogP contribution in [0.25, 0.3) is 11.3 Å². The second-order valence-corrected chi connectivity index (χ2v) is 31.2. The average molecular weight is 1550 g/mol. The summed E-state index contributed by atoms with van der Waals surface area (Å²) < 4.78 is 31.3. The Kier molecular flexibility index (Phi) is 26.0. The average Bonchev–Trinajstić information content (AvgIpc) is 1.75. The number of fused-ring (bicyclic) bond motifs is 2. The lowest BCUT2D eigenvalue weighted by atomic mass is 9.67. The number of nitrogens with two attached hydrogens (primary N) is 2. The molecule has 2 aliphatic carbocycles. The molecule has 2 unspecified atom stereocenters. The molecule has 113 heavy (non-hydrogen) atoms. The SMILES string of the molecule is CC(C)[C@@H](C(=O)N1C[C@H](O)C[C@H]1C(=O)N[C@@H](C)c1ccc(C#N)cc1)c1cc(OCCN2CCC(O[C@H]3C[C@H](Oc4cc(N5C6CCC5CN(c5cc(-c7ccccc7OCc7ccc(NC(=O)[C@H](CCCNC(N)=O)NC(=O)C8(C(=O)NCCCCCN9C(=O)CCC9=O)CCC8)cc7)nnc5N)C6)ccn4)C3)CC2)no1. The largest absolute Gasteiger partial charge is 0.488 e. The number of piperidine rings is 1. The number of pyridine rings is 1. The Morgan fingerprint density at radius 2 is 1.50 bits per heavy atom. The van der Waals surface area contributed by atoms with Crippen LogP contribution in [-0.2, 0) is 44.9 Å². The molecule has 3 aromatic heterocycles. The number of benzene rings is 3. The van der Waals surface area contributed by atoms with Crippen molar-refractivity contribution in [2.24, 2.45) is 17.1 Å². The number of amides is 9. The van der Waals surface area contributed by atoms with Gasteiger partial charge in [0.25, 0.3) is 5.88 Å². The van der Waals surface area contributed by atoms with Crippen molar-refractivity contribution in [2.75, 3.05) is 86.4 Å². The summed E-state index contributed by atoms with van der Waals surface area (Å²) in [5.41, 5.74) is 16.4. The molecule has 600 valence electrons. The first-order chi connectivity index (χ1) is 54.6. The van der Waals surface area contributed by atoms with Gasteiger partial charge in [0.2, 0.25) is 47.2 Å². The Morgan fingerprint density at radius 1 is 0.761 bits per heavy atom. The zero-order valence-electron chi connectivity index (χ0n) is 64.3. The molecule has 31 nitrogen and oxygen atoms in total. The van der Waals surface area contributed by atoms with Gasteiger partial charge in [-0.1, -0.05) is 56.7 Å². The first kappa shape index (κ1) is 80.1. The van der Waals surface area contributed by atoms with Crippen LogP contribution in [0.4, 0.5) is 27.7 Å². The number of ether oxygens (including phenoxy) is 4. The van der Waals surface area contributed by atoms with E-state index in [1.165, 1.54) is 9.80 Å². The standard InChI is InChI=1S/C82H103N17O14/c1-50(2)74(78(105)98-48-59(100)40-67(98)77(104)89-51(3)54-18-14-52(45-83)15-19-54)69-44-71(94-113-69)109-38-37-95-35-27-60(28-36-95)111-61-41-62(42-61)112-70-39-56(26-33-86-70)99-57-22-23-58(99)47-96(46-57)66-43-65(92-93-75(66)84)63-11-5-6-13-68(63)110-49-53-16-20-55(21-17-53)90-76(103)64(12-9-32-88-81(85)108)91-80(107)82(29-10-30-82)79(106)87-31-7-4-8-34-97-72(101)24-25-73(97)102/h5-6,11,13-21,26,33,39,43-44,50-51,57-62,64,67,74,100H,4,7-10,12,22-25,27-32,34-38,40-42,46-49H2,1-3H3,(H2,84,93)(H,87,106)(H,89,104)(H,90,103)(H,91,107)(H3,85,88,108)/t51-,57?,58?,59+,61-,62-,64-,67-,74+/m0/s1. The number of nitrogen functional groups attached to an aromatic ring is 1. The normalized spacial score (nSPS) is 21.5. The highest BCUT2D eigenvalue weighted by molar-refractivity contribution is 6.08. The van der Waals surface area contributed by atoms with Gasteiger partial charge in [-0.15, -0.1) is 10.2 Å². The molecular formula is C82H103N17O14. The van der Waals surface area contributed by atoms with E-state index in [9.17, 15) is 48.7 Å². The van der Waals surface area contributed by atoms with Crippen molar-refractivity contribution in [2.45, 2.75) is 197 Å². The fraction of sp³-hybridized carbons (Fsp3) is 0.524. The molecule has 5 aliphatic heterocycles. The third-order valence-corrected chi connectivity index (χ3v) is 23.0. The van der Waals surface area contributed by atoms with Gasteiger partial charge in [-0.3, -0.25) is 43.4 Å². The van der Waals surface area contributed by atoms with Crippen molar-refractivity contribution in [3.8, 4) is 34.8 Å². The molecule has 3 aromatic carbocycles. The van der Waals surface area contributed by atoms with Crippen LogP contribution in [-0.4, -0.2) is 202 Å². The van der Waals surface area contributed by atoms with Crippen molar-refractivity contribution < 1.29 is 66.9 Å². The number of likely N-dealkylation sites (tertiary alicyclic amines) is 3. The summed E-state index contributed by atoms with van der Waals surface area (Å²) in [5, 5.41) is 47.2. The molecule has 0 radical (unpaired) electrons. The maximum absolute atomic E-state index is 14.2. The number of anilines is 4. The summed E-state index contributed by atoms with van der Waals surface area (Å²) in [6.45, 7) is 10.8. The summed E-state index contributed by atoms with van der Waals surface area (Å²) in [6.07, 6.45) is 10.8. The molecule has 2 bridgehead atoms. The number of rotatable bonds is 35. The molecule has 8 heterocycles. The number of unbranched alkanes of at least 4 members (excludes halogenated alkanes) is 2. The topological polar surface area (TPSA) is 411 Å². The predicted octanol–water partition coefficient (Wildman–Crippen LogP) is 6.94. The van der Waals surface area contributed by atoms with Gasteiger partial charge in [0.1, 0.15) is 48.5 Å². The van der Waals surface area contributed by atoms with Crippen LogP contribution < -0.4 is 62.1 Å². The molecule has 0 spiro atoms. The van der Waals surface area contributed by atoms with Gasteiger partial charge in [0.15, 0.2) is 11.6 Å². The number of imide groups is 1. The number of hydrogen-bond acceptors (Lipinski definition) is 23. The van der Waals surface area contributed by atoms with Crippen molar-refractivity contribution in [3.63, 3.8) is 0 Å². The van der Waals surface area contributed by atoms with Crippen LogP contribution in [0, 0.1) is 22.7 Å². The monoisotopic (exact) mass is 1550 g/mol. The lowest BCUT2D eigenvalue weighted by Gasteiger charge is -2.43. The van der Waals surface area contributed by atoms with E-state index < -0.39 is 53.3 Å². The van der Waals surface area contributed by atoms with Gasteiger partial charge in [-0.25, -0.2) is 9.78 Å². The maximum Gasteiger partial charge on any atom is 0.312 e. The minimum Gasteiger partial charge on any atom is -0.488 e. The summed E-state index contributed by atoms with van der Waals surface area (Å²) in [4.78, 5) is 119. The highest BCUT2D eigenvalue weighted by Crippen LogP contribution is 2.44. The van der Waals surface area contributed by atoms with Gasteiger partial charge in [-0.05, 0) is 148 Å². The van der Waals surface area contributed by atoms with Crippen LogP contribution in [0.3, 0.4) is 0 Å². The zero-order valence-corrected chi connectivity index (χ0v) is 64.3. The second-order valence-electron chi connectivity index (χ2n) is 31.2. The van der Waals surface area contributed by atoms with E-state index in [-0.39, 0.29) is 117 Å². The summed E-state index contributed by atoms with van der Waals surface area (Å²) in [7, 11) is 0. The van der Waals surface area contributed by atoms with Crippen LogP contribution in [0.2, 0.25) is 0 Å². The minimum absolute atomic E-state index is 0.00465. The van der Waals surface area contributed by atoms with Crippen LogP contribution in [0.1, 0.15) is 164 Å². The van der Waals surface area contributed by atoms with Crippen molar-refractivity contribution in [3.05, 3.63) is 126 Å². The molecular weight excluding hydrogens is 1450 g/mol. The molecule has 5 saturated heterocycles. The molecule has 7 atom stereocenters. The fourth-order valence-electron chi connectivity index (χ4n) is 16.4. The smallest absolute Gasteiger partial charge is 0.312 e. The summed E-state index contributed by atoms with van der Waals surface area (Å²) in [6, 6.07) is 28.9. The van der Waals surface area contributed by atoms with Gasteiger partial charge in [0.05, 0.1) is 47.4 Å². The van der Waals surface area contributed by atoms with E-state index in [2.05, 4.69) is 79.8 Å². The highest BCUT2D eigenvalue weighted by Gasteiger charge is 2.52. The number of primary amides is 1. The summed E-state index contributed by atoms with van der Waals surface area (Å²) >= 11 is 0. The van der Waals surface area contributed by atoms with Crippen molar-refractivity contribution in [1.29, 1.82) is 5.26 Å². The third kappa shape index (κ3) is 19.6. The van der Waals surface area contributed by atoms with Crippen LogP contribution in [0.15, 0.2) is 108 Å². The third-order valence-electron chi connectivity index (χ3n) is 23.0. The van der Waals surface area contributed by atoms with Gasteiger partial charge < -0.3 is 81.3 Å². The number of aliphatic hydroxyl groups excluding tert-OH is 1. The Bertz CT molecular complexity index is 4380. The first-order valence-corrected chi connectivity index (χ1v) is 39.8. The number of piperazine rings is 1. The highest BCUT2D eigenvalue weighted by atomic mass is 16.5. The number of para-hydroxylation sites is 1. The quantitative estimate of drug-likeness (QED) is 0.0113. The number of aromatic nitrogens is 4. The van der Waals surface area contributed by atoms with Crippen molar-refractivity contribution >= 4 is 70.3 Å². The minimum atomic E-state index is -1.34. The number of nitriles is 1. The van der Waals surface area contributed by atoms with E-state index in [1.807, 2.05) is 69.4 Å². The molecule has 7 fully saturated rings. The number of urea groups is 1. The van der Waals surface area contributed by atoms with E-state index >= 15 is 0 Å². The maximum atomic E-state index is 14.2. The molecule has 7 aliphatic rings. The van der Waals surface area contributed by atoms with E-state index in [4.69, 9.17) is 34.9 Å². The Balaban J connectivity index is 0.532. The van der Waals surface area contributed by atoms with E-state index in [1.54, 1.807) is 42.5 Å². The van der Waals surface area contributed by atoms with Gasteiger partial charge in [0, 0.05) is 138 Å². The van der Waals surface area contributed by atoms with E-state index in [0.717, 1.165) is 79.7 Å². The van der Waals surface area contributed by atoms with E-state index in [0.29, 0.717) is 124 Å². The van der Waals surface area contributed by atoms with Gasteiger partial charge >= 0.3 is 6.03 Å². The Morgan fingerprint density at radius 3 is 2.20 bits per heavy atom. The van der Waals surface area contributed by atoms with Gasteiger partial charge in [-0.2, -0.15) is 5.26 Å². The lowest BCUT2D eigenvalue weighted by molar-refractivity contribution is -0.151. The van der Waals surface area contributed by atoms with Crippen LogP contribution in [0.5, 0.6) is 17.5 Å². The Hall–Kier alpha value is -11.0. The molecule has 10 N–H and O–H groups in total. The molecule has 6 aromatic rings. The molecule has 2 saturated carbocycles. The first-order valence-electron chi connectivity index (χ1n) is 39.8. The molecule has 31 heteroatoms. The number of β-amino-alcohol motifs (C(OH)–C–C–N with tert-alkyl or cyclic N) is 1. The number of nitrogens with one attached hydrogen (secondary N) is 5. The number of carbonyl (C=O) groups is 8. The lowest BCUT2D eigenvalue weighted by Crippen LogP contribution is -2.58. The summed E-state index contributed by atoms with van der Waals surface area (Å²) in [5.74, 6) is -1.35. The number of hydrogen-bond donors (Lipinski definition) is 8. The molecule has 9 amide bonds. The number of carbonyl (C=O) groups excluding carboxylic acids is 8. The second kappa shape index (κ2) is 36.7. The van der Waals surface area contributed by atoms with Crippen LogP contribution >= 0.6 is 0 Å². The zero-order chi connectivity index (χ0) is 79.3. The number of aliphatic hydroxyl groups is 1. The number of nitrogens with zero attached hydrogens (tertiary/aromatic N) is 10. The Labute approximate surface area is 656 Å².